The summed E-state index contributed by atoms with van der Waals surface area (Å²) in [5, 5.41) is 6.76. The van der Waals surface area contributed by atoms with E-state index in [0.29, 0.717) is 36.1 Å². The van der Waals surface area contributed by atoms with Crippen molar-refractivity contribution in [3.63, 3.8) is 0 Å². The number of carbonyl (C=O) groups is 1. The van der Waals surface area contributed by atoms with Crippen LogP contribution in [-0.2, 0) is 4.79 Å². The number of nitrogens with zero attached hydrogens (tertiary/aromatic N) is 3. The summed E-state index contributed by atoms with van der Waals surface area (Å²) in [6, 6.07) is 9.96. The molecule has 4 aromatic rings. The predicted octanol–water partition coefficient (Wildman–Crippen LogP) is 3.71. The van der Waals surface area contributed by atoms with Gasteiger partial charge in [-0.2, -0.15) is 5.10 Å². The van der Waals surface area contributed by atoms with Gasteiger partial charge in [-0.1, -0.05) is 12.0 Å². The summed E-state index contributed by atoms with van der Waals surface area (Å²) in [6.45, 7) is 2.56. The van der Waals surface area contributed by atoms with Crippen LogP contribution in [-0.4, -0.2) is 38.7 Å². The number of H-pyrrole nitrogens is 1. The number of nitrogen functional groups attached to an aromatic ring is 1. The van der Waals surface area contributed by atoms with E-state index in [1.807, 2.05) is 6.20 Å². The molecule has 0 spiro atoms. The lowest BCUT2D eigenvalue weighted by atomic mass is 9.99. The summed E-state index contributed by atoms with van der Waals surface area (Å²) >= 11 is 0. The number of ether oxygens (including phenoxy) is 1. The van der Waals surface area contributed by atoms with E-state index in [-0.39, 0.29) is 29.0 Å². The van der Waals surface area contributed by atoms with E-state index >= 15 is 0 Å². The van der Waals surface area contributed by atoms with E-state index in [9.17, 15) is 18.4 Å². The number of amides is 1. The Hall–Kier alpha value is -4.65. The second-order valence-corrected chi connectivity index (χ2v) is 8.37. The Kier molecular flexibility index (Phi) is 5.90. The summed E-state index contributed by atoms with van der Waals surface area (Å²) in [6.07, 6.45) is 2.48. The van der Waals surface area contributed by atoms with Crippen LogP contribution in [0.25, 0.3) is 16.6 Å². The first-order valence-corrected chi connectivity index (χ1v) is 11.2. The Bertz CT molecular complexity index is 1580. The van der Waals surface area contributed by atoms with E-state index < -0.39 is 17.4 Å². The zero-order chi connectivity index (χ0) is 25.4. The number of anilines is 1. The average Bonchev–Trinajstić information content (AvgIpc) is 3.51. The SMILES string of the molecule is CC#CC(=O)N1CC[C@@H](c2cn(-c3ccc(Oc4c(F)cccc4F)cc3)c3c(N)n[nH]c(=O)c23)C1. The molecule has 1 amide bonds. The van der Waals surface area contributed by atoms with Gasteiger partial charge in [0.15, 0.2) is 23.2 Å². The molecule has 0 aliphatic carbocycles. The fraction of sp³-hybridized carbons (Fsp3) is 0.192. The van der Waals surface area contributed by atoms with Crippen LogP contribution < -0.4 is 16.0 Å². The molecule has 1 fully saturated rings. The van der Waals surface area contributed by atoms with Crippen LogP contribution in [0.1, 0.15) is 24.8 Å². The zero-order valence-corrected chi connectivity index (χ0v) is 19.2. The van der Waals surface area contributed by atoms with E-state index in [1.54, 1.807) is 40.7 Å². The number of carbonyl (C=O) groups excluding carboxylic acids is 1. The maximum Gasteiger partial charge on any atom is 0.298 e. The minimum Gasteiger partial charge on any atom is -0.451 e. The molecule has 1 atom stereocenters. The molecule has 182 valence electrons. The molecule has 1 aliphatic heterocycles. The number of rotatable bonds is 4. The van der Waals surface area contributed by atoms with Crippen molar-refractivity contribution in [1.82, 2.24) is 19.7 Å². The Balaban J connectivity index is 1.52. The Morgan fingerprint density at radius 1 is 1.19 bits per heavy atom. The van der Waals surface area contributed by atoms with Crippen molar-refractivity contribution in [3.05, 3.63) is 76.2 Å². The Morgan fingerprint density at radius 3 is 2.61 bits per heavy atom. The minimum absolute atomic E-state index is 0.0918. The number of nitrogens with two attached hydrogens (primary N) is 1. The second-order valence-electron chi connectivity index (χ2n) is 8.37. The summed E-state index contributed by atoms with van der Waals surface area (Å²) in [4.78, 5) is 26.7. The number of para-hydroxylation sites is 1. The average molecular weight is 489 g/mol. The van der Waals surface area contributed by atoms with Crippen LogP contribution in [0.2, 0.25) is 0 Å². The number of fused-ring (bicyclic) bond motifs is 1. The van der Waals surface area contributed by atoms with Gasteiger partial charge in [0, 0.05) is 30.9 Å². The number of aromatic nitrogens is 3. The molecule has 1 aliphatic rings. The molecule has 1 saturated heterocycles. The standard InChI is InChI=1S/C26H21F2N5O3/c1-2-4-21(34)32-12-11-15(13-32)18-14-33(23-22(18)26(35)31-30-25(23)29)16-7-9-17(10-8-16)36-24-19(27)5-3-6-20(24)28/h3,5-10,14-15H,11-13H2,1H3,(H2,29,30)(H,31,35)/t15-/m1/s1. The fourth-order valence-electron chi connectivity index (χ4n) is 4.51. The van der Waals surface area contributed by atoms with Crippen molar-refractivity contribution in [3.8, 4) is 29.0 Å². The fourth-order valence-corrected chi connectivity index (χ4v) is 4.51. The Labute approximate surface area is 204 Å². The van der Waals surface area contributed by atoms with Crippen molar-refractivity contribution in [2.45, 2.75) is 19.3 Å². The topological polar surface area (TPSA) is 106 Å². The first kappa shape index (κ1) is 23.1. The first-order valence-electron chi connectivity index (χ1n) is 11.2. The van der Waals surface area contributed by atoms with Gasteiger partial charge in [0.25, 0.3) is 11.5 Å². The van der Waals surface area contributed by atoms with Crippen molar-refractivity contribution >= 4 is 22.6 Å². The van der Waals surface area contributed by atoms with Gasteiger partial charge >= 0.3 is 0 Å². The summed E-state index contributed by atoms with van der Waals surface area (Å²) in [5.41, 5.74) is 7.58. The third-order valence-electron chi connectivity index (χ3n) is 6.18. The van der Waals surface area contributed by atoms with Crippen LogP contribution >= 0.6 is 0 Å². The van der Waals surface area contributed by atoms with Crippen molar-refractivity contribution in [1.29, 1.82) is 0 Å². The van der Waals surface area contributed by atoms with E-state index in [1.165, 1.54) is 6.07 Å². The molecular weight excluding hydrogens is 468 g/mol. The molecule has 2 aromatic carbocycles. The minimum atomic E-state index is -0.813. The van der Waals surface area contributed by atoms with Crippen LogP contribution in [0, 0.1) is 23.5 Å². The molecule has 3 heterocycles. The Morgan fingerprint density at radius 2 is 1.92 bits per heavy atom. The van der Waals surface area contributed by atoms with Gasteiger partial charge in [0.2, 0.25) is 0 Å². The van der Waals surface area contributed by atoms with Crippen LogP contribution in [0.4, 0.5) is 14.6 Å². The highest BCUT2D eigenvalue weighted by Gasteiger charge is 2.30. The third kappa shape index (κ3) is 4.05. The number of nitrogens with one attached hydrogen (secondary N) is 1. The largest absolute Gasteiger partial charge is 0.451 e. The number of aromatic amines is 1. The molecular formula is C26H21F2N5O3. The highest BCUT2D eigenvalue weighted by Crippen LogP contribution is 2.35. The number of hydrogen-bond acceptors (Lipinski definition) is 5. The molecule has 8 nitrogen and oxygen atoms in total. The second kappa shape index (κ2) is 9.19. The van der Waals surface area contributed by atoms with Gasteiger partial charge in [-0.15, -0.1) is 0 Å². The molecule has 3 N–H and O–H groups in total. The van der Waals surface area contributed by atoms with Gasteiger partial charge in [-0.05, 0) is 61.2 Å². The van der Waals surface area contributed by atoms with Crippen LogP contribution in [0.5, 0.6) is 11.5 Å². The van der Waals surface area contributed by atoms with Crippen molar-refractivity contribution in [2.24, 2.45) is 0 Å². The quantitative estimate of drug-likeness (QED) is 0.425. The maximum atomic E-state index is 14.0. The number of likely N-dealkylation sites (tertiary alicyclic amines) is 1. The predicted molar refractivity (Wildman–Crippen MR) is 130 cm³/mol. The molecule has 2 aromatic heterocycles. The van der Waals surface area contributed by atoms with E-state index in [2.05, 4.69) is 22.0 Å². The third-order valence-corrected chi connectivity index (χ3v) is 6.18. The van der Waals surface area contributed by atoms with Gasteiger partial charge in [-0.3, -0.25) is 9.59 Å². The number of benzene rings is 2. The summed E-state index contributed by atoms with van der Waals surface area (Å²) in [7, 11) is 0. The lowest BCUT2D eigenvalue weighted by Crippen LogP contribution is -2.27. The molecule has 0 radical (unpaired) electrons. The van der Waals surface area contributed by atoms with Crippen molar-refractivity contribution in [2.75, 3.05) is 18.8 Å². The molecule has 0 unspecified atom stereocenters. The van der Waals surface area contributed by atoms with Gasteiger partial charge in [0.1, 0.15) is 11.3 Å². The first-order chi connectivity index (χ1) is 17.4. The molecule has 36 heavy (non-hydrogen) atoms. The smallest absolute Gasteiger partial charge is 0.298 e. The number of hydrogen-bond donors (Lipinski definition) is 2. The lowest BCUT2D eigenvalue weighted by Gasteiger charge is -2.12. The van der Waals surface area contributed by atoms with Crippen molar-refractivity contribution < 1.29 is 18.3 Å². The molecule has 0 bridgehead atoms. The summed E-state index contributed by atoms with van der Waals surface area (Å²) in [5.74, 6) is 3.07. The van der Waals surface area contributed by atoms with Gasteiger partial charge < -0.3 is 19.9 Å². The van der Waals surface area contributed by atoms with Gasteiger partial charge in [-0.25, -0.2) is 13.9 Å². The number of halogens is 2. The highest BCUT2D eigenvalue weighted by atomic mass is 19.1. The zero-order valence-electron chi connectivity index (χ0n) is 19.2. The lowest BCUT2D eigenvalue weighted by molar-refractivity contribution is -0.124. The van der Waals surface area contributed by atoms with E-state index in [4.69, 9.17) is 10.5 Å². The summed E-state index contributed by atoms with van der Waals surface area (Å²) < 4.78 is 35.1. The molecule has 10 heteroatoms. The maximum absolute atomic E-state index is 14.0. The van der Waals surface area contributed by atoms with Gasteiger partial charge in [0.05, 0.1) is 5.39 Å². The molecule has 0 saturated carbocycles. The van der Waals surface area contributed by atoms with E-state index in [0.717, 1.165) is 17.7 Å². The normalized spacial score (nSPS) is 15.1. The molecule has 5 rings (SSSR count). The van der Waals surface area contributed by atoms with Crippen LogP contribution in [0.3, 0.4) is 0 Å². The highest BCUT2D eigenvalue weighted by molar-refractivity contribution is 5.94. The monoisotopic (exact) mass is 489 g/mol. The van der Waals surface area contributed by atoms with Crippen LogP contribution in [0.15, 0.2) is 53.5 Å².